The number of nitrogen functional groups attached to an aromatic ring is 1. The first kappa shape index (κ1) is 29.6. The van der Waals surface area contributed by atoms with Crippen LogP contribution in [0, 0.1) is 0 Å². The van der Waals surface area contributed by atoms with Gasteiger partial charge >= 0.3 is 6.18 Å². The maximum Gasteiger partial charge on any atom is 0.419 e. The van der Waals surface area contributed by atoms with Gasteiger partial charge in [-0.3, -0.25) is 14.6 Å². The van der Waals surface area contributed by atoms with Gasteiger partial charge in [-0.15, -0.1) is 0 Å². The first-order valence-electron chi connectivity index (χ1n) is 12.8. The molecule has 4 rings (SSSR count). The van der Waals surface area contributed by atoms with Crippen LogP contribution in [0.4, 0.5) is 27.8 Å². The maximum absolute atomic E-state index is 13.8. The van der Waals surface area contributed by atoms with Crippen LogP contribution in [0.3, 0.4) is 0 Å². The monoisotopic (exact) mass is 574 g/mol. The van der Waals surface area contributed by atoms with Gasteiger partial charge in [-0.2, -0.15) is 13.2 Å². The van der Waals surface area contributed by atoms with Crippen molar-refractivity contribution >= 4 is 17.5 Å². The van der Waals surface area contributed by atoms with E-state index in [2.05, 4.69) is 9.97 Å². The van der Waals surface area contributed by atoms with Gasteiger partial charge in [0.1, 0.15) is 18.2 Å². The number of nitrogens with two attached hydrogens (primary N) is 1. The van der Waals surface area contributed by atoms with E-state index in [1.165, 1.54) is 41.4 Å². The predicted molar refractivity (Wildman–Crippen MR) is 141 cm³/mol. The predicted octanol–water partition coefficient (Wildman–Crippen LogP) is 5.75. The van der Waals surface area contributed by atoms with Gasteiger partial charge in [-0.1, -0.05) is 6.07 Å². The van der Waals surface area contributed by atoms with Crippen LogP contribution in [0.5, 0.6) is 5.75 Å². The normalized spacial score (nSPS) is 15.2. The van der Waals surface area contributed by atoms with Crippen molar-refractivity contribution in [2.75, 3.05) is 25.4 Å². The van der Waals surface area contributed by atoms with Gasteiger partial charge in [0.15, 0.2) is 5.78 Å². The fourth-order valence-corrected chi connectivity index (χ4v) is 4.20. The van der Waals surface area contributed by atoms with Crippen LogP contribution in [0.15, 0.2) is 67.0 Å². The summed E-state index contributed by atoms with van der Waals surface area (Å²) in [6, 6.07) is 9.64. The van der Waals surface area contributed by atoms with Crippen molar-refractivity contribution in [3.05, 3.63) is 83.7 Å². The highest BCUT2D eigenvalue weighted by Crippen LogP contribution is 2.38. The molecule has 0 bridgehead atoms. The lowest BCUT2D eigenvalue weighted by Gasteiger charge is -2.31. The van der Waals surface area contributed by atoms with E-state index in [0.29, 0.717) is 12.2 Å². The number of nitrogens with zero attached hydrogens (tertiary/aromatic N) is 3. The number of allylic oxidation sites excluding steroid dienone is 1. The van der Waals surface area contributed by atoms with Crippen LogP contribution in [-0.2, 0) is 17.4 Å². The van der Waals surface area contributed by atoms with Crippen LogP contribution >= 0.6 is 0 Å². The molecule has 0 radical (unpaired) electrons. The van der Waals surface area contributed by atoms with E-state index in [4.69, 9.17) is 10.5 Å². The summed E-state index contributed by atoms with van der Waals surface area (Å²) in [6.07, 6.45) is 0.446. The van der Waals surface area contributed by atoms with Crippen molar-refractivity contribution in [2.24, 2.45) is 0 Å². The molecule has 12 heteroatoms. The van der Waals surface area contributed by atoms with E-state index >= 15 is 0 Å². The molecule has 0 saturated carbocycles. The van der Waals surface area contributed by atoms with Gasteiger partial charge in [0.25, 0.3) is 11.8 Å². The summed E-state index contributed by atoms with van der Waals surface area (Å²) in [6.45, 7) is -0.432. The third-order valence-corrected chi connectivity index (χ3v) is 6.52. The van der Waals surface area contributed by atoms with E-state index < -0.39 is 42.2 Å². The first-order valence-corrected chi connectivity index (χ1v) is 12.8. The lowest BCUT2D eigenvalue weighted by Crippen LogP contribution is -2.42. The number of carbonyl (C=O) groups is 2. The molecular formula is C29H27F5N4O3. The SMILES string of the molecule is Nc1ccc(CCC(=O)/C=C\COc2ccc(-c3ccc(C(=O)N4CCC(F)(F)CC4)cn3)cc2C(F)(F)F)cn1. The number of hydrogen-bond donors (Lipinski definition) is 1. The Hall–Kier alpha value is -4.35. The van der Waals surface area contributed by atoms with Crippen molar-refractivity contribution in [1.29, 1.82) is 0 Å². The minimum Gasteiger partial charge on any atom is -0.489 e. The Labute approximate surface area is 232 Å². The lowest BCUT2D eigenvalue weighted by molar-refractivity contribution is -0.138. The van der Waals surface area contributed by atoms with Crippen LogP contribution < -0.4 is 10.5 Å². The largest absolute Gasteiger partial charge is 0.489 e. The summed E-state index contributed by atoms with van der Waals surface area (Å²) < 4.78 is 73.5. The number of aromatic nitrogens is 2. The zero-order valence-electron chi connectivity index (χ0n) is 21.8. The topological polar surface area (TPSA) is 98.4 Å². The fourth-order valence-electron chi connectivity index (χ4n) is 4.20. The minimum absolute atomic E-state index is 0.0886. The molecule has 41 heavy (non-hydrogen) atoms. The number of carbonyl (C=O) groups excluding carboxylic acids is 2. The summed E-state index contributed by atoms with van der Waals surface area (Å²) in [5, 5.41) is 0. The fraction of sp³-hybridized carbons (Fsp3) is 0.310. The second-order valence-electron chi connectivity index (χ2n) is 9.56. The van der Waals surface area contributed by atoms with E-state index in [9.17, 15) is 31.5 Å². The lowest BCUT2D eigenvalue weighted by atomic mass is 10.0. The highest BCUT2D eigenvalue weighted by Gasteiger charge is 2.36. The Morgan fingerprint density at radius 3 is 2.41 bits per heavy atom. The second-order valence-corrected chi connectivity index (χ2v) is 9.56. The third kappa shape index (κ3) is 8.09. The number of likely N-dealkylation sites (tertiary alicyclic amines) is 1. The molecule has 2 N–H and O–H groups in total. The Bertz CT molecular complexity index is 1400. The van der Waals surface area contributed by atoms with Crippen molar-refractivity contribution in [2.45, 2.75) is 37.8 Å². The molecular weight excluding hydrogens is 547 g/mol. The standard InChI is InChI=1S/C29H27F5N4O3/c30-28(31)11-13-38(14-12-28)27(40)21-5-8-24(36-18-21)20-6-9-25(23(16-20)29(32,33)34)41-15-1-2-22(39)7-3-19-4-10-26(35)37-17-19/h1-2,4-6,8-10,16-18H,3,7,11-15H2,(H2,35,37)/b2-1-. The number of ether oxygens (including phenoxy) is 1. The summed E-state index contributed by atoms with van der Waals surface area (Å²) in [4.78, 5) is 34.1. The molecule has 0 aliphatic carbocycles. The number of alkyl halides is 5. The van der Waals surface area contributed by atoms with Crippen LogP contribution in [-0.4, -0.2) is 52.2 Å². The molecule has 0 spiro atoms. The van der Waals surface area contributed by atoms with Gasteiger partial charge in [0.05, 0.1) is 16.8 Å². The summed E-state index contributed by atoms with van der Waals surface area (Å²) in [5.74, 6) is -3.53. The number of pyridine rings is 2. The Kier molecular flexibility index (Phi) is 8.99. The molecule has 0 unspecified atom stereocenters. The van der Waals surface area contributed by atoms with E-state index in [1.54, 1.807) is 18.3 Å². The number of rotatable bonds is 9. The number of hydrogen-bond acceptors (Lipinski definition) is 6. The highest BCUT2D eigenvalue weighted by molar-refractivity contribution is 5.94. The smallest absolute Gasteiger partial charge is 0.419 e. The number of halogens is 5. The number of piperidine rings is 1. The molecule has 2 aromatic heterocycles. The second kappa shape index (κ2) is 12.4. The van der Waals surface area contributed by atoms with E-state index in [1.807, 2.05) is 0 Å². The number of aryl methyl sites for hydroxylation is 1. The third-order valence-electron chi connectivity index (χ3n) is 6.52. The summed E-state index contributed by atoms with van der Waals surface area (Å²) in [7, 11) is 0. The van der Waals surface area contributed by atoms with E-state index in [0.717, 1.165) is 17.7 Å². The molecule has 3 aromatic rings. The quantitative estimate of drug-likeness (QED) is 0.258. The molecule has 7 nitrogen and oxygen atoms in total. The van der Waals surface area contributed by atoms with Crippen LogP contribution in [0.1, 0.15) is 40.7 Å². The summed E-state index contributed by atoms with van der Waals surface area (Å²) >= 11 is 0. The molecule has 1 aromatic carbocycles. The summed E-state index contributed by atoms with van der Waals surface area (Å²) in [5.41, 5.74) is 5.81. The van der Waals surface area contributed by atoms with Crippen molar-refractivity contribution in [3.63, 3.8) is 0 Å². The molecule has 216 valence electrons. The van der Waals surface area contributed by atoms with Crippen molar-refractivity contribution in [3.8, 4) is 17.0 Å². The Morgan fingerprint density at radius 1 is 1.02 bits per heavy atom. The Balaban J connectivity index is 1.37. The number of ketones is 1. The van der Waals surface area contributed by atoms with Gasteiger partial charge in [-0.25, -0.2) is 13.8 Å². The van der Waals surface area contributed by atoms with Crippen LogP contribution in [0.2, 0.25) is 0 Å². The van der Waals surface area contributed by atoms with Gasteiger partial charge in [-0.05, 0) is 60.5 Å². The van der Waals surface area contributed by atoms with Crippen LogP contribution in [0.25, 0.3) is 11.3 Å². The van der Waals surface area contributed by atoms with Gasteiger partial charge < -0.3 is 15.4 Å². The molecule has 1 amide bonds. The average Bonchev–Trinajstić information content (AvgIpc) is 2.94. The van der Waals surface area contributed by atoms with Crippen molar-refractivity contribution in [1.82, 2.24) is 14.9 Å². The molecule has 1 aliphatic heterocycles. The molecule has 1 saturated heterocycles. The number of amides is 1. The zero-order valence-corrected chi connectivity index (χ0v) is 21.8. The average molecular weight is 575 g/mol. The number of anilines is 1. The van der Waals surface area contributed by atoms with Gasteiger partial charge in [0, 0.05) is 50.3 Å². The molecule has 1 fully saturated rings. The maximum atomic E-state index is 13.8. The molecule has 0 atom stereocenters. The minimum atomic E-state index is -4.73. The first-order chi connectivity index (χ1) is 19.4. The molecule has 1 aliphatic rings. The highest BCUT2D eigenvalue weighted by atomic mass is 19.4. The van der Waals surface area contributed by atoms with Crippen molar-refractivity contribution < 1.29 is 36.3 Å². The Morgan fingerprint density at radius 2 is 1.78 bits per heavy atom. The molecule has 3 heterocycles. The van der Waals surface area contributed by atoms with E-state index in [-0.39, 0.29) is 48.7 Å². The number of benzene rings is 1. The van der Waals surface area contributed by atoms with Gasteiger partial charge in [0.2, 0.25) is 0 Å². The zero-order chi connectivity index (χ0) is 29.6.